The molecule has 0 bridgehead atoms. The predicted molar refractivity (Wildman–Crippen MR) is 94.7 cm³/mol. The normalized spacial score (nSPS) is 20.6. The van der Waals surface area contributed by atoms with Crippen molar-refractivity contribution < 1.29 is 9.59 Å². The molecular weight excluding hydrogens is 318 g/mol. The van der Waals surface area contributed by atoms with Gasteiger partial charge in [0.15, 0.2) is 0 Å². The number of hydrogen-bond acceptors (Lipinski definition) is 4. The van der Waals surface area contributed by atoms with Crippen molar-refractivity contribution in [1.29, 1.82) is 0 Å². The molecule has 2 aliphatic heterocycles. The molecule has 0 spiro atoms. The lowest BCUT2D eigenvalue weighted by Crippen LogP contribution is -2.48. The van der Waals surface area contributed by atoms with Gasteiger partial charge in [0.2, 0.25) is 0 Å². The van der Waals surface area contributed by atoms with Gasteiger partial charge < -0.3 is 9.80 Å². The molecule has 2 saturated heterocycles. The van der Waals surface area contributed by atoms with Gasteiger partial charge in [0.05, 0.1) is 6.20 Å². The fourth-order valence-electron chi connectivity index (χ4n) is 3.63. The molecule has 3 heterocycles. The van der Waals surface area contributed by atoms with Crippen molar-refractivity contribution in [3.05, 3.63) is 18.0 Å². The van der Waals surface area contributed by atoms with Gasteiger partial charge in [0.25, 0.3) is 0 Å². The van der Waals surface area contributed by atoms with Crippen LogP contribution in [0.2, 0.25) is 0 Å². The van der Waals surface area contributed by atoms with Gasteiger partial charge in [0, 0.05) is 64.6 Å². The summed E-state index contributed by atoms with van der Waals surface area (Å²) in [5.74, 6) is 0.0174. The van der Waals surface area contributed by atoms with Crippen molar-refractivity contribution >= 4 is 11.8 Å². The largest absolute Gasteiger partial charge is 0.334 e. The Kier molecular flexibility index (Phi) is 5.73. The number of carbonyl (C=O) groups excluding carboxylic acids is 2. The molecule has 2 fully saturated rings. The SMILES string of the molecule is CC1CCN(C(=O)C(=O)N2CCCN(Cc3cnn(C)c3)CC2)CC1. The molecule has 1 aromatic heterocycles. The van der Waals surface area contributed by atoms with E-state index in [0.29, 0.717) is 32.1 Å². The van der Waals surface area contributed by atoms with Gasteiger partial charge in [-0.05, 0) is 25.2 Å². The van der Waals surface area contributed by atoms with Gasteiger partial charge in [-0.1, -0.05) is 6.92 Å². The molecule has 138 valence electrons. The Morgan fingerprint density at radius 1 is 1.04 bits per heavy atom. The number of likely N-dealkylation sites (tertiary alicyclic amines) is 1. The van der Waals surface area contributed by atoms with Crippen molar-refractivity contribution in [3.8, 4) is 0 Å². The number of aromatic nitrogens is 2. The summed E-state index contributed by atoms with van der Waals surface area (Å²) >= 11 is 0. The Hall–Kier alpha value is -1.89. The second kappa shape index (κ2) is 7.99. The number of amides is 2. The standard InChI is InChI=1S/C18H29N5O2/c1-15-4-8-23(9-5-15)18(25)17(24)22-7-3-6-21(10-11-22)14-16-12-19-20(2)13-16/h12-13,15H,3-11,14H2,1-2H3. The van der Waals surface area contributed by atoms with E-state index >= 15 is 0 Å². The molecule has 0 aliphatic carbocycles. The van der Waals surface area contributed by atoms with Crippen molar-refractivity contribution in [3.63, 3.8) is 0 Å². The van der Waals surface area contributed by atoms with Gasteiger partial charge >= 0.3 is 11.8 Å². The summed E-state index contributed by atoms with van der Waals surface area (Å²) in [5, 5.41) is 4.20. The molecule has 0 radical (unpaired) electrons. The summed E-state index contributed by atoms with van der Waals surface area (Å²) < 4.78 is 1.81. The van der Waals surface area contributed by atoms with E-state index in [2.05, 4.69) is 16.9 Å². The van der Waals surface area contributed by atoms with Crippen LogP contribution in [0, 0.1) is 5.92 Å². The summed E-state index contributed by atoms with van der Waals surface area (Å²) in [5.41, 5.74) is 1.18. The quantitative estimate of drug-likeness (QED) is 0.740. The fraction of sp³-hybridized carbons (Fsp3) is 0.722. The third-order valence-corrected chi connectivity index (χ3v) is 5.29. The first kappa shape index (κ1) is 17.9. The van der Waals surface area contributed by atoms with E-state index in [4.69, 9.17) is 0 Å². The molecule has 7 nitrogen and oxygen atoms in total. The first-order valence-corrected chi connectivity index (χ1v) is 9.31. The number of rotatable bonds is 2. The third-order valence-electron chi connectivity index (χ3n) is 5.29. The zero-order chi connectivity index (χ0) is 17.8. The molecule has 0 aromatic carbocycles. The first-order valence-electron chi connectivity index (χ1n) is 9.31. The molecule has 0 N–H and O–H groups in total. The predicted octanol–water partition coefficient (Wildman–Crippen LogP) is 0.713. The smallest absolute Gasteiger partial charge is 0.312 e. The number of piperidine rings is 1. The zero-order valence-corrected chi connectivity index (χ0v) is 15.4. The highest BCUT2D eigenvalue weighted by molar-refractivity contribution is 6.34. The van der Waals surface area contributed by atoms with Crippen LogP contribution < -0.4 is 0 Å². The molecule has 2 aliphatic rings. The van der Waals surface area contributed by atoms with Gasteiger partial charge in [-0.25, -0.2) is 0 Å². The minimum Gasteiger partial charge on any atom is -0.334 e. The molecule has 0 saturated carbocycles. The Bertz CT molecular complexity index is 606. The molecule has 3 rings (SSSR count). The van der Waals surface area contributed by atoms with Crippen LogP contribution in [-0.4, -0.2) is 75.6 Å². The Balaban J connectivity index is 1.51. The first-order chi connectivity index (χ1) is 12.0. The van der Waals surface area contributed by atoms with E-state index < -0.39 is 0 Å². The van der Waals surface area contributed by atoms with E-state index in [1.54, 1.807) is 14.5 Å². The maximum absolute atomic E-state index is 12.6. The van der Waals surface area contributed by atoms with Crippen LogP contribution in [0.4, 0.5) is 0 Å². The summed E-state index contributed by atoms with van der Waals surface area (Å²) in [6.45, 7) is 7.50. The fourth-order valence-corrected chi connectivity index (χ4v) is 3.63. The topological polar surface area (TPSA) is 61.7 Å². The van der Waals surface area contributed by atoms with Crippen LogP contribution in [-0.2, 0) is 23.2 Å². The Morgan fingerprint density at radius 2 is 1.72 bits per heavy atom. The lowest BCUT2D eigenvalue weighted by molar-refractivity contribution is -0.152. The number of carbonyl (C=O) groups is 2. The van der Waals surface area contributed by atoms with Crippen LogP contribution in [0.1, 0.15) is 31.7 Å². The summed E-state index contributed by atoms with van der Waals surface area (Å²) in [6.07, 6.45) is 6.80. The average Bonchev–Trinajstić information content (AvgIpc) is 2.87. The minimum absolute atomic E-state index is 0.312. The highest BCUT2D eigenvalue weighted by Gasteiger charge is 2.30. The molecule has 0 atom stereocenters. The molecule has 25 heavy (non-hydrogen) atoms. The van der Waals surface area contributed by atoms with Crippen LogP contribution >= 0.6 is 0 Å². The van der Waals surface area contributed by atoms with Gasteiger partial charge in [-0.3, -0.25) is 19.2 Å². The molecule has 2 amide bonds. The Labute approximate surface area is 149 Å². The van der Waals surface area contributed by atoms with Crippen molar-refractivity contribution in [2.75, 3.05) is 39.3 Å². The van der Waals surface area contributed by atoms with E-state index in [0.717, 1.165) is 38.9 Å². The molecule has 1 aromatic rings. The molecular formula is C18H29N5O2. The molecule has 0 unspecified atom stereocenters. The van der Waals surface area contributed by atoms with Crippen LogP contribution in [0.15, 0.2) is 12.4 Å². The third kappa shape index (κ3) is 4.60. The second-order valence-electron chi connectivity index (χ2n) is 7.42. The zero-order valence-electron chi connectivity index (χ0n) is 15.4. The molecule has 7 heteroatoms. The summed E-state index contributed by atoms with van der Waals surface area (Å²) in [4.78, 5) is 30.9. The number of aryl methyl sites for hydroxylation is 1. The highest BCUT2D eigenvalue weighted by Crippen LogP contribution is 2.17. The lowest BCUT2D eigenvalue weighted by atomic mass is 9.99. The van der Waals surface area contributed by atoms with E-state index in [1.165, 1.54) is 5.56 Å². The van der Waals surface area contributed by atoms with Crippen molar-refractivity contribution in [2.24, 2.45) is 13.0 Å². The van der Waals surface area contributed by atoms with Gasteiger partial charge in [-0.15, -0.1) is 0 Å². The van der Waals surface area contributed by atoms with Crippen LogP contribution in [0.3, 0.4) is 0 Å². The minimum atomic E-state index is -0.321. The summed E-state index contributed by atoms with van der Waals surface area (Å²) in [6, 6.07) is 0. The van der Waals surface area contributed by atoms with Crippen LogP contribution in [0.5, 0.6) is 0 Å². The van der Waals surface area contributed by atoms with E-state index in [-0.39, 0.29) is 11.8 Å². The maximum Gasteiger partial charge on any atom is 0.312 e. The number of hydrogen-bond donors (Lipinski definition) is 0. The number of nitrogens with zero attached hydrogens (tertiary/aromatic N) is 5. The monoisotopic (exact) mass is 347 g/mol. The summed E-state index contributed by atoms with van der Waals surface area (Å²) in [7, 11) is 1.92. The van der Waals surface area contributed by atoms with Gasteiger partial charge in [-0.2, -0.15) is 5.10 Å². The van der Waals surface area contributed by atoms with E-state index in [9.17, 15) is 9.59 Å². The van der Waals surface area contributed by atoms with Crippen molar-refractivity contribution in [2.45, 2.75) is 32.7 Å². The van der Waals surface area contributed by atoms with Gasteiger partial charge in [0.1, 0.15) is 0 Å². The highest BCUT2D eigenvalue weighted by atomic mass is 16.2. The lowest BCUT2D eigenvalue weighted by Gasteiger charge is -2.31. The second-order valence-corrected chi connectivity index (χ2v) is 7.42. The van der Waals surface area contributed by atoms with E-state index in [1.807, 2.05) is 19.4 Å². The Morgan fingerprint density at radius 3 is 2.36 bits per heavy atom. The average molecular weight is 347 g/mol. The van der Waals surface area contributed by atoms with Crippen LogP contribution in [0.25, 0.3) is 0 Å². The maximum atomic E-state index is 12.6. The van der Waals surface area contributed by atoms with Crippen molar-refractivity contribution in [1.82, 2.24) is 24.5 Å².